The van der Waals surface area contributed by atoms with Crippen LogP contribution < -0.4 is 5.01 Å². The van der Waals surface area contributed by atoms with Crippen molar-refractivity contribution in [3.05, 3.63) is 65.7 Å². The summed E-state index contributed by atoms with van der Waals surface area (Å²) in [6.07, 6.45) is 0.925. The highest BCUT2D eigenvalue weighted by Crippen LogP contribution is 2.40. The Balaban J connectivity index is 1.71. The zero-order valence-electron chi connectivity index (χ0n) is 13.0. The Hall–Kier alpha value is -2.13. The first-order valence-electron chi connectivity index (χ1n) is 7.78. The largest absolute Gasteiger partial charge is 0.368 e. The first-order chi connectivity index (χ1) is 10.7. The lowest BCUT2D eigenvalue weighted by molar-refractivity contribution is 0.282. The minimum atomic E-state index is -0.0776. The van der Waals surface area contributed by atoms with E-state index in [-0.39, 0.29) is 11.6 Å². The average Bonchev–Trinajstić information content (AvgIpc) is 3.13. The molecule has 1 fully saturated rings. The fraction of sp³-hybridized carbons (Fsp3) is 0.316. The molecule has 0 aliphatic carbocycles. The van der Waals surface area contributed by atoms with Gasteiger partial charge in [0.25, 0.3) is 0 Å². The fourth-order valence-corrected chi connectivity index (χ4v) is 3.03. The second-order valence-electron chi connectivity index (χ2n) is 6.41. The standard InChI is InChI=1S/C19H20N2O/c1-14-8-10-15(11-9-14)17-12-18(19(2)13-22-19)21(20-17)16-6-4-3-5-7-16/h3-11,18H,12-13H2,1-2H3/t18-,19+/m1/s1. The third kappa shape index (κ3) is 2.32. The van der Waals surface area contributed by atoms with E-state index >= 15 is 0 Å². The first kappa shape index (κ1) is 13.5. The highest BCUT2D eigenvalue weighted by Gasteiger charge is 2.52. The molecule has 3 heteroatoms. The molecule has 2 heterocycles. The number of hydrogen-bond acceptors (Lipinski definition) is 3. The molecule has 0 bridgehead atoms. The van der Waals surface area contributed by atoms with Gasteiger partial charge in [0.15, 0.2) is 0 Å². The number of epoxide rings is 1. The molecule has 1 saturated heterocycles. The van der Waals surface area contributed by atoms with E-state index in [1.807, 2.05) is 6.07 Å². The van der Waals surface area contributed by atoms with Gasteiger partial charge in [0.1, 0.15) is 5.60 Å². The number of aryl methyl sites for hydroxylation is 1. The summed E-state index contributed by atoms with van der Waals surface area (Å²) >= 11 is 0. The van der Waals surface area contributed by atoms with Crippen molar-refractivity contribution in [2.45, 2.75) is 31.9 Å². The maximum atomic E-state index is 5.72. The van der Waals surface area contributed by atoms with E-state index in [1.54, 1.807) is 0 Å². The number of benzene rings is 2. The number of anilines is 1. The number of nitrogens with zero attached hydrogens (tertiary/aromatic N) is 2. The maximum Gasteiger partial charge on any atom is 0.111 e. The third-order valence-electron chi connectivity index (χ3n) is 4.62. The van der Waals surface area contributed by atoms with Gasteiger partial charge in [-0.3, -0.25) is 5.01 Å². The van der Waals surface area contributed by atoms with Crippen molar-refractivity contribution in [1.82, 2.24) is 0 Å². The zero-order chi connectivity index (χ0) is 15.2. The van der Waals surface area contributed by atoms with Crippen LogP contribution in [0, 0.1) is 6.92 Å². The monoisotopic (exact) mass is 292 g/mol. The summed E-state index contributed by atoms with van der Waals surface area (Å²) in [7, 11) is 0. The van der Waals surface area contributed by atoms with Crippen LogP contribution in [0.25, 0.3) is 0 Å². The van der Waals surface area contributed by atoms with Gasteiger partial charge in [0, 0.05) is 6.42 Å². The van der Waals surface area contributed by atoms with E-state index in [2.05, 4.69) is 67.4 Å². The molecule has 2 aliphatic heterocycles. The minimum Gasteiger partial charge on any atom is -0.368 e. The molecule has 22 heavy (non-hydrogen) atoms. The van der Waals surface area contributed by atoms with Gasteiger partial charge < -0.3 is 4.74 Å². The number of rotatable bonds is 3. The lowest BCUT2D eigenvalue weighted by atomic mass is 9.95. The maximum absolute atomic E-state index is 5.72. The Morgan fingerprint density at radius 3 is 2.41 bits per heavy atom. The van der Waals surface area contributed by atoms with Gasteiger partial charge in [0.2, 0.25) is 0 Å². The topological polar surface area (TPSA) is 28.1 Å². The van der Waals surface area contributed by atoms with E-state index in [4.69, 9.17) is 9.84 Å². The molecule has 0 spiro atoms. The van der Waals surface area contributed by atoms with Crippen LogP contribution in [0.4, 0.5) is 5.69 Å². The van der Waals surface area contributed by atoms with Gasteiger partial charge in [0.05, 0.1) is 24.0 Å². The van der Waals surface area contributed by atoms with Crippen LogP contribution in [0.3, 0.4) is 0 Å². The van der Waals surface area contributed by atoms with Gasteiger partial charge >= 0.3 is 0 Å². The summed E-state index contributed by atoms with van der Waals surface area (Å²) in [6.45, 7) is 5.11. The van der Waals surface area contributed by atoms with Crippen LogP contribution in [0.15, 0.2) is 59.7 Å². The fourth-order valence-electron chi connectivity index (χ4n) is 3.03. The van der Waals surface area contributed by atoms with E-state index in [1.165, 1.54) is 11.1 Å². The molecule has 3 nitrogen and oxygen atoms in total. The van der Waals surface area contributed by atoms with Crippen LogP contribution in [-0.2, 0) is 4.74 Å². The van der Waals surface area contributed by atoms with Crippen LogP contribution in [0.2, 0.25) is 0 Å². The molecular formula is C19H20N2O. The predicted molar refractivity (Wildman–Crippen MR) is 89.4 cm³/mol. The quantitative estimate of drug-likeness (QED) is 0.806. The molecule has 2 atom stereocenters. The van der Waals surface area contributed by atoms with Crippen molar-refractivity contribution < 1.29 is 4.74 Å². The van der Waals surface area contributed by atoms with E-state index < -0.39 is 0 Å². The van der Waals surface area contributed by atoms with Crippen LogP contribution in [0.5, 0.6) is 0 Å². The summed E-state index contributed by atoms with van der Waals surface area (Å²) in [5.41, 5.74) is 4.68. The molecular weight excluding hydrogens is 272 g/mol. The number of hydrogen-bond donors (Lipinski definition) is 0. The van der Waals surface area contributed by atoms with Gasteiger partial charge in [-0.05, 0) is 31.5 Å². The Kier molecular flexibility index (Phi) is 3.05. The predicted octanol–water partition coefficient (Wildman–Crippen LogP) is 3.77. The molecule has 4 rings (SSSR count). The Labute approximate surface area is 131 Å². The van der Waals surface area contributed by atoms with Gasteiger partial charge in [-0.1, -0.05) is 48.0 Å². The summed E-state index contributed by atoms with van der Waals surface area (Å²) in [6, 6.07) is 19.3. The SMILES string of the molecule is Cc1ccc(C2=NN(c3ccccc3)[C@@H]([C@]3(C)CO3)C2)cc1. The van der Waals surface area contributed by atoms with E-state index in [0.29, 0.717) is 0 Å². The van der Waals surface area contributed by atoms with Gasteiger partial charge in [-0.25, -0.2) is 0 Å². The summed E-state index contributed by atoms with van der Waals surface area (Å²) in [5, 5.41) is 7.06. The van der Waals surface area contributed by atoms with Crippen molar-refractivity contribution in [1.29, 1.82) is 0 Å². The smallest absolute Gasteiger partial charge is 0.111 e. The van der Waals surface area contributed by atoms with Crippen molar-refractivity contribution in [2.75, 3.05) is 11.6 Å². The van der Waals surface area contributed by atoms with E-state index in [9.17, 15) is 0 Å². The Morgan fingerprint density at radius 1 is 1.09 bits per heavy atom. The summed E-state index contributed by atoms with van der Waals surface area (Å²) in [4.78, 5) is 0. The lowest BCUT2D eigenvalue weighted by Crippen LogP contribution is -2.38. The van der Waals surface area contributed by atoms with Crippen molar-refractivity contribution in [2.24, 2.45) is 5.10 Å². The normalized spacial score (nSPS) is 26.9. The first-order valence-corrected chi connectivity index (χ1v) is 7.78. The van der Waals surface area contributed by atoms with Crippen molar-refractivity contribution in [3.8, 4) is 0 Å². The molecule has 0 aromatic heterocycles. The third-order valence-corrected chi connectivity index (χ3v) is 4.62. The summed E-state index contributed by atoms with van der Waals surface area (Å²) in [5.74, 6) is 0. The number of ether oxygens (including phenoxy) is 1. The van der Waals surface area contributed by atoms with Crippen LogP contribution >= 0.6 is 0 Å². The minimum absolute atomic E-state index is 0.0776. The molecule has 0 unspecified atom stereocenters. The van der Waals surface area contributed by atoms with Crippen molar-refractivity contribution in [3.63, 3.8) is 0 Å². The second-order valence-corrected chi connectivity index (χ2v) is 6.41. The van der Waals surface area contributed by atoms with Crippen molar-refractivity contribution >= 4 is 11.4 Å². The Bertz CT molecular complexity index is 702. The highest BCUT2D eigenvalue weighted by atomic mass is 16.6. The molecule has 0 saturated carbocycles. The molecule has 0 N–H and O–H groups in total. The lowest BCUT2D eigenvalue weighted by Gasteiger charge is -2.26. The van der Waals surface area contributed by atoms with E-state index in [0.717, 1.165) is 24.4 Å². The Morgan fingerprint density at radius 2 is 1.77 bits per heavy atom. The van der Waals surface area contributed by atoms with Crippen LogP contribution in [-0.4, -0.2) is 24.0 Å². The zero-order valence-corrected chi connectivity index (χ0v) is 13.0. The highest BCUT2D eigenvalue weighted by molar-refractivity contribution is 6.03. The molecule has 2 aromatic carbocycles. The number of para-hydroxylation sites is 1. The number of hydrazone groups is 1. The van der Waals surface area contributed by atoms with Gasteiger partial charge in [-0.2, -0.15) is 5.10 Å². The molecule has 2 aromatic rings. The van der Waals surface area contributed by atoms with Crippen LogP contribution in [0.1, 0.15) is 24.5 Å². The molecule has 2 aliphatic rings. The second kappa shape index (κ2) is 4.96. The summed E-state index contributed by atoms with van der Waals surface area (Å²) < 4.78 is 5.72. The average molecular weight is 292 g/mol. The molecule has 0 amide bonds. The molecule has 112 valence electrons. The van der Waals surface area contributed by atoms with Gasteiger partial charge in [-0.15, -0.1) is 0 Å². The molecule has 0 radical (unpaired) electrons.